The van der Waals surface area contributed by atoms with Gasteiger partial charge in [0.2, 0.25) is 0 Å². The Balaban J connectivity index is 0. The van der Waals surface area contributed by atoms with Crippen molar-refractivity contribution in [2.45, 2.75) is 86.4 Å². The molecule has 29 heavy (non-hydrogen) atoms. The summed E-state index contributed by atoms with van der Waals surface area (Å²) in [6, 6.07) is 0. The minimum atomic E-state index is -4.40. The first-order chi connectivity index (χ1) is 12.9. The second-order valence-corrected chi connectivity index (χ2v) is 10.6. The molecule has 3 unspecified atom stereocenters. The van der Waals surface area contributed by atoms with E-state index in [1.807, 2.05) is 27.7 Å². The second kappa shape index (κ2) is 14.7. The molecule has 3 N–H and O–H groups in total. The van der Waals surface area contributed by atoms with Crippen molar-refractivity contribution in [3.05, 3.63) is 0 Å². The molecule has 178 valence electrons. The van der Waals surface area contributed by atoms with Crippen LogP contribution in [0.2, 0.25) is 0 Å². The molecule has 9 nitrogen and oxygen atoms in total. The van der Waals surface area contributed by atoms with Crippen LogP contribution >= 0.6 is 0 Å². The largest absolute Gasteiger partial charge is 0.397 e. The van der Waals surface area contributed by atoms with Crippen LogP contribution < -0.4 is 0 Å². The SMILES string of the molecule is CC(C)CCC(O)C(C)COS(=O)(=O)O.CC(C)CCC(OS(=O)(=O)O)C(C)C. The van der Waals surface area contributed by atoms with Crippen molar-refractivity contribution in [1.29, 1.82) is 0 Å². The highest BCUT2D eigenvalue weighted by Crippen LogP contribution is 2.18. The van der Waals surface area contributed by atoms with Crippen molar-refractivity contribution >= 4 is 20.8 Å². The van der Waals surface area contributed by atoms with Crippen molar-refractivity contribution in [2.24, 2.45) is 23.7 Å². The molecule has 0 aliphatic carbocycles. The van der Waals surface area contributed by atoms with E-state index in [0.29, 0.717) is 24.7 Å². The predicted octanol–water partition coefficient (Wildman–Crippen LogP) is 3.51. The predicted molar refractivity (Wildman–Crippen MR) is 112 cm³/mol. The Morgan fingerprint density at radius 1 is 0.724 bits per heavy atom. The van der Waals surface area contributed by atoms with Gasteiger partial charge in [-0.2, -0.15) is 16.8 Å². The molecule has 0 rings (SSSR count). The van der Waals surface area contributed by atoms with Gasteiger partial charge in [0, 0.05) is 5.92 Å². The molecule has 0 saturated carbocycles. The Labute approximate surface area is 177 Å². The van der Waals surface area contributed by atoms with Crippen LogP contribution in [0.5, 0.6) is 0 Å². The molecule has 0 bridgehead atoms. The molecule has 3 atom stereocenters. The Morgan fingerprint density at radius 2 is 1.17 bits per heavy atom. The van der Waals surface area contributed by atoms with Crippen molar-refractivity contribution in [3.8, 4) is 0 Å². The van der Waals surface area contributed by atoms with E-state index >= 15 is 0 Å². The van der Waals surface area contributed by atoms with E-state index in [9.17, 15) is 21.9 Å². The zero-order valence-corrected chi connectivity index (χ0v) is 20.2. The molecule has 0 radical (unpaired) electrons. The van der Waals surface area contributed by atoms with Gasteiger partial charge in [-0.3, -0.25) is 9.11 Å². The van der Waals surface area contributed by atoms with E-state index in [0.717, 1.165) is 12.8 Å². The maximum absolute atomic E-state index is 10.5. The maximum Gasteiger partial charge on any atom is 0.397 e. The monoisotopic (exact) mass is 464 g/mol. The number of hydrogen-bond donors (Lipinski definition) is 3. The summed E-state index contributed by atoms with van der Waals surface area (Å²) >= 11 is 0. The van der Waals surface area contributed by atoms with Gasteiger partial charge >= 0.3 is 20.8 Å². The third-order valence-corrected chi connectivity index (χ3v) is 5.12. The molecule has 11 heteroatoms. The highest BCUT2D eigenvalue weighted by Gasteiger charge is 2.20. The highest BCUT2D eigenvalue weighted by molar-refractivity contribution is 7.81. The molecule has 0 aromatic rings. The van der Waals surface area contributed by atoms with Gasteiger partial charge in [0.1, 0.15) is 0 Å². The fourth-order valence-corrected chi connectivity index (χ4v) is 3.26. The van der Waals surface area contributed by atoms with Crippen LogP contribution in [0.25, 0.3) is 0 Å². The van der Waals surface area contributed by atoms with Gasteiger partial charge in [-0.15, -0.1) is 0 Å². The molecule has 0 spiro atoms. The minimum absolute atomic E-state index is 0.0793. The summed E-state index contributed by atoms with van der Waals surface area (Å²) in [5.74, 6) is 0.761. The highest BCUT2D eigenvalue weighted by atomic mass is 32.3. The molecule has 0 aliphatic heterocycles. The first kappa shape index (κ1) is 30.9. The van der Waals surface area contributed by atoms with Crippen molar-refractivity contribution in [1.82, 2.24) is 0 Å². The number of aliphatic hydroxyl groups is 1. The van der Waals surface area contributed by atoms with Gasteiger partial charge in [0.15, 0.2) is 0 Å². The Kier molecular flexibility index (Phi) is 15.6. The van der Waals surface area contributed by atoms with E-state index in [4.69, 9.17) is 9.11 Å². The molecule has 0 aromatic heterocycles. The third kappa shape index (κ3) is 22.2. The van der Waals surface area contributed by atoms with E-state index in [1.54, 1.807) is 6.92 Å². The normalized spacial score (nSPS) is 15.9. The van der Waals surface area contributed by atoms with Crippen LogP contribution in [-0.4, -0.2) is 49.9 Å². The van der Waals surface area contributed by atoms with Crippen molar-refractivity contribution in [3.63, 3.8) is 0 Å². The molecule has 0 saturated heterocycles. The van der Waals surface area contributed by atoms with Gasteiger partial charge in [0.05, 0.1) is 18.8 Å². The first-order valence-electron chi connectivity index (χ1n) is 9.90. The zero-order chi connectivity index (χ0) is 23.4. The van der Waals surface area contributed by atoms with E-state index in [2.05, 4.69) is 22.2 Å². The first-order valence-corrected chi connectivity index (χ1v) is 12.6. The van der Waals surface area contributed by atoms with E-state index in [1.165, 1.54) is 0 Å². The fraction of sp³-hybridized carbons (Fsp3) is 1.00. The molecule has 0 aromatic carbocycles. The summed E-state index contributed by atoms with van der Waals surface area (Å²) in [6.07, 6.45) is 1.99. The van der Waals surface area contributed by atoms with E-state index < -0.39 is 33.0 Å². The number of aliphatic hydroxyl groups excluding tert-OH is 1. The van der Waals surface area contributed by atoms with Crippen molar-refractivity contribution < 1.29 is 39.4 Å². The third-order valence-electron chi connectivity index (χ3n) is 4.19. The van der Waals surface area contributed by atoms with Crippen molar-refractivity contribution in [2.75, 3.05) is 6.61 Å². The van der Waals surface area contributed by atoms with Crippen LogP contribution in [0.15, 0.2) is 0 Å². The molecular weight excluding hydrogens is 424 g/mol. The average Bonchev–Trinajstić information content (AvgIpc) is 2.52. The average molecular weight is 465 g/mol. The molecule has 0 heterocycles. The summed E-state index contributed by atoms with van der Waals surface area (Å²) < 4.78 is 67.3. The summed E-state index contributed by atoms with van der Waals surface area (Å²) in [5.41, 5.74) is 0. The van der Waals surface area contributed by atoms with Gasteiger partial charge in [-0.05, 0) is 43.4 Å². The molecule has 0 fully saturated rings. The van der Waals surface area contributed by atoms with Gasteiger partial charge in [-0.25, -0.2) is 8.37 Å². The number of rotatable bonds is 13. The van der Waals surface area contributed by atoms with Crippen LogP contribution in [-0.2, 0) is 29.2 Å². The molecular formula is C18H40O9S2. The Hall–Kier alpha value is -0.300. The van der Waals surface area contributed by atoms with Crippen LogP contribution in [0, 0.1) is 23.7 Å². The summed E-state index contributed by atoms with van der Waals surface area (Å²) in [6.45, 7) is 13.4. The van der Waals surface area contributed by atoms with Crippen LogP contribution in [0.1, 0.15) is 74.1 Å². The summed E-state index contributed by atoms with van der Waals surface area (Å²) in [4.78, 5) is 0. The Bertz CT molecular complexity index is 613. The fourth-order valence-electron chi connectivity index (χ4n) is 2.24. The maximum atomic E-state index is 10.5. The quantitative estimate of drug-likeness (QED) is 0.348. The second-order valence-electron chi connectivity index (χ2n) is 8.51. The lowest BCUT2D eigenvalue weighted by atomic mass is 9.97. The van der Waals surface area contributed by atoms with Crippen LogP contribution in [0.4, 0.5) is 0 Å². The Morgan fingerprint density at radius 3 is 1.52 bits per heavy atom. The molecule has 0 aliphatic rings. The van der Waals surface area contributed by atoms with Crippen LogP contribution in [0.3, 0.4) is 0 Å². The standard InChI is InChI=1S/C9H20O5S.C9H20O4S/c1-7(2)4-5-9(10)8(3)6-14-15(11,12)13;1-7(2)5-6-9(8(3)4)13-14(10,11)12/h7-10H,4-6H2,1-3H3,(H,11,12,13);7-9H,5-6H2,1-4H3,(H,10,11,12). The van der Waals surface area contributed by atoms with Gasteiger partial charge < -0.3 is 5.11 Å². The van der Waals surface area contributed by atoms with Gasteiger partial charge in [-0.1, -0.05) is 48.5 Å². The topological polar surface area (TPSA) is 147 Å². The van der Waals surface area contributed by atoms with Gasteiger partial charge in [0.25, 0.3) is 0 Å². The minimum Gasteiger partial charge on any atom is -0.393 e. The number of hydrogen-bond acceptors (Lipinski definition) is 7. The lowest BCUT2D eigenvalue weighted by Crippen LogP contribution is -2.24. The lowest BCUT2D eigenvalue weighted by molar-refractivity contribution is 0.0714. The molecule has 0 amide bonds. The summed E-state index contributed by atoms with van der Waals surface area (Å²) in [5, 5.41) is 9.61. The van der Waals surface area contributed by atoms with E-state index in [-0.39, 0.29) is 18.4 Å². The zero-order valence-electron chi connectivity index (χ0n) is 18.6. The lowest BCUT2D eigenvalue weighted by Gasteiger charge is -2.19. The summed E-state index contributed by atoms with van der Waals surface area (Å²) in [7, 11) is -8.71. The smallest absolute Gasteiger partial charge is 0.393 e.